The summed E-state index contributed by atoms with van der Waals surface area (Å²) >= 11 is 4.82. The van der Waals surface area contributed by atoms with Gasteiger partial charge in [0.25, 0.3) is 0 Å². The van der Waals surface area contributed by atoms with Gasteiger partial charge < -0.3 is 10.1 Å². The fraction of sp³-hybridized carbons (Fsp3) is 0.160. The molecule has 33 heavy (non-hydrogen) atoms. The van der Waals surface area contributed by atoms with Gasteiger partial charge in [-0.15, -0.1) is 10.2 Å². The molecular weight excluding hydrogens is 500 g/mol. The number of nitrogens with zero attached hydrogens (tertiary/aromatic N) is 3. The molecular formula is C25H23BrN4O2S. The maximum atomic E-state index is 12.7. The molecule has 0 spiro atoms. The zero-order valence-corrected chi connectivity index (χ0v) is 20.9. The number of carbonyl (C=O) groups is 1. The highest BCUT2D eigenvalue weighted by atomic mass is 79.9. The Bertz CT molecular complexity index is 1270. The quantitative estimate of drug-likeness (QED) is 0.299. The molecule has 1 N–H and O–H groups in total. The average molecular weight is 523 g/mol. The molecule has 0 bridgehead atoms. The first-order valence-corrected chi connectivity index (χ1v) is 12.1. The molecule has 0 unspecified atom stereocenters. The SMILES string of the molecule is COc1ccc(-n2c(SCC(=O)Nc3cccc(C)c3C)nnc2-c2ccc(Br)cc2)cc1. The Morgan fingerprint density at radius 1 is 1.03 bits per heavy atom. The highest BCUT2D eigenvalue weighted by Crippen LogP contribution is 2.30. The predicted molar refractivity (Wildman–Crippen MR) is 136 cm³/mol. The highest BCUT2D eigenvalue weighted by molar-refractivity contribution is 9.10. The summed E-state index contributed by atoms with van der Waals surface area (Å²) in [6.45, 7) is 4.03. The number of aromatic nitrogens is 3. The van der Waals surface area contributed by atoms with E-state index in [9.17, 15) is 4.79 Å². The molecule has 0 saturated carbocycles. The molecule has 6 nitrogen and oxygen atoms in total. The van der Waals surface area contributed by atoms with Crippen LogP contribution in [0.5, 0.6) is 5.75 Å². The van der Waals surface area contributed by atoms with E-state index in [0.717, 1.165) is 38.3 Å². The van der Waals surface area contributed by atoms with Crippen molar-refractivity contribution in [1.82, 2.24) is 14.8 Å². The van der Waals surface area contributed by atoms with Gasteiger partial charge in [-0.3, -0.25) is 9.36 Å². The zero-order valence-electron chi connectivity index (χ0n) is 18.5. The third-order valence-corrected chi connectivity index (χ3v) is 6.74. The summed E-state index contributed by atoms with van der Waals surface area (Å²) in [7, 11) is 1.64. The number of carbonyl (C=O) groups excluding carboxylic acids is 1. The second kappa shape index (κ2) is 10.2. The standard InChI is InChI=1S/C25H23BrN4O2S/c1-16-5-4-6-22(17(16)2)27-23(31)15-33-25-29-28-24(18-7-9-19(26)10-8-18)30(25)20-11-13-21(32-3)14-12-20/h4-14H,15H2,1-3H3,(H,27,31). The van der Waals surface area contributed by atoms with Crippen LogP contribution in [0, 0.1) is 13.8 Å². The summed E-state index contributed by atoms with van der Waals surface area (Å²) in [6.07, 6.45) is 0. The fourth-order valence-electron chi connectivity index (χ4n) is 3.32. The van der Waals surface area contributed by atoms with E-state index in [4.69, 9.17) is 4.74 Å². The van der Waals surface area contributed by atoms with Crippen molar-refractivity contribution in [3.63, 3.8) is 0 Å². The maximum absolute atomic E-state index is 12.7. The number of methoxy groups -OCH3 is 1. The van der Waals surface area contributed by atoms with Crippen LogP contribution in [0.2, 0.25) is 0 Å². The summed E-state index contributed by atoms with van der Waals surface area (Å²) in [4.78, 5) is 12.7. The van der Waals surface area contributed by atoms with Crippen LogP contribution in [0.4, 0.5) is 5.69 Å². The lowest BCUT2D eigenvalue weighted by Gasteiger charge is -2.12. The van der Waals surface area contributed by atoms with Gasteiger partial charge in [0.1, 0.15) is 5.75 Å². The monoisotopic (exact) mass is 522 g/mol. The van der Waals surface area contributed by atoms with Gasteiger partial charge >= 0.3 is 0 Å². The van der Waals surface area contributed by atoms with E-state index in [2.05, 4.69) is 31.4 Å². The molecule has 0 fully saturated rings. The van der Waals surface area contributed by atoms with Gasteiger partial charge in [0.15, 0.2) is 11.0 Å². The van der Waals surface area contributed by atoms with Crippen LogP contribution in [0.15, 0.2) is 76.4 Å². The van der Waals surface area contributed by atoms with E-state index < -0.39 is 0 Å². The Kier molecular flexibility index (Phi) is 7.15. The van der Waals surface area contributed by atoms with Crippen molar-refractivity contribution in [3.8, 4) is 22.8 Å². The van der Waals surface area contributed by atoms with Crippen LogP contribution < -0.4 is 10.1 Å². The van der Waals surface area contributed by atoms with E-state index in [1.54, 1.807) is 7.11 Å². The molecule has 1 heterocycles. The third-order valence-electron chi connectivity index (χ3n) is 5.28. The van der Waals surface area contributed by atoms with E-state index >= 15 is 0 Å². The summed E-state index contributed by atoms with van der Waals surface area (Å²) < 4.78 is 8.24. The first kappa shape index (κ1) is 23.1. The fourth-order valence-corrected chi connectivity index (χ4v) is 4.33. The molecule has 0 aliphatic heterocycles. The Hall–Kier alpha value is -3.10. The smallest absolute Gasteiger partial charge is 0.234 e. The molecule has 0 radical (unpaired) electrons. The first-order chi connectivity index (χ1) is 16.0. The van der Waals surface area contributed by atoms with Crippen LogP contribution in [-0.2, 0) is 4.79 Å². The van der Waals surface area contributed by atoms with Crippen molar-refractivity contribution in [2.45, 2.75) is 19.0 Å². The number of anilines is 1. The van der Waals surface area contributed by atoms with E-state index in [1.165, 1.54) is 11.8 Å². The summed E-state index contributed by atoms with van der Waals surface area (Å²) in [5, 5.41) is 12.5. The van der Waals surface area contributed by atoms with Gasteiger partial charge in [0.2, 0.25) is 5.91 Å². The predicted octanol–water partition coefficient (Wildman–Crippen LogP) is 6.05. The maximum Gasteiger partial charge on any atom is 0.234 e. The molecule has 3 aromatic carbocycles. The average Bonchev–Trinajstić information content (AvgIpc) is 3.25. The second-order valence-electron chi connectivity index (χ2n) is 7.43. The van der Waals surface area contributed by atoms with E-state index in [1.807, 2.05) is 85.1 Å². The van der Waals surface area contributed by atoms with Gasteiger partial charge in [-0.1, -0.05) is 52.0 Å². The number of hydrogen-bond donors (Lipinski definition) is 1. The lowest BCUT2D eigenvalue weighted by molar-refractivity contribution is -0.113. The molecule has 0 saturated heterocycles. The van der Waals surface area contributed by atoms with E-state index in [0.29, 0.717) is 11.0 Å². The summed E-state index contributed by atoms with van der Waals surface area (Å²) in [6, 6.07) is 21.5. The molecule has 168 valence electrons. The molecule has 1 aromatic heterocycles. The Morgan fingerprint density at radius 3 is 2.45 bits per heavy atom. The van der Waals surface area contributed by atoms with Crippen LogP contribution in [-0.4, -0.2) is 33.5 Å². The number of rotatable bonds is 7. The minimum atomic E-state index is -0.0943. The second-order valence-corrected chi connectivity index (χ2v) is 9.29. The Morgan fingerprint density at radius 2 is 1.76 bits per heavy atom. The van der Waals surface area contributed by atoms with Crippen molar-refractivity contribution in [1.29, 1.82) is 0 Å². The van der Waals surface area contributed by atoms with E-state index in [-0.39, 0.29) is 11.7 Å². The Balaban J connectivity index is 1.61. The lowest BCUT2D eigenvalue weighted by atomic mass is 10.1. The van der Waals surface area contributed by atoms with Crippen molar-refractivity contribution in [2.24, 2.45) is 0 Å². The molecule has 0 aliphatic carbocycles. The molecule has 4 rings (SSSR count). The summed E-state index contributed by atoms with van der Waals surface area (Å²) in [5.41, 5.74) is 4.84. The van der Waals surface area contributed by atoms with Crippen molar-refractivity contribution in [2.75, 3.05) is 18.2 Å². The minimum absolute atomic E-state index is 0.0943. The van der Waals surface area contributed by atoms with Crippen molar-refractivity contribution < 1.29 is 9.53 Å². The minimum Gasteiger partial charge on any atom is -0.497 e. The topological polar surface area (TPSA) is 69.0 Å². The molecule has 0 aliphatic rings. The summed E-state index contributed by atoms with van der Waals surface area (Å²) in [5.74, 6) is 1.58. The van der Waals surface area contributed by atoms with Gasteiger partial charge in [-0.25, -0.2) is 0 Å². The van der Waals surface area contributed by atoms with Gasteiger partial charge in [-0.05, 0) is 67.4 Å². The van der Waals surface area contributed by atoms with Crippen LogP contribution in [0.25, 0.3) is 17.1 Å². The van der Waals surface area contributed by atoms with Gasteiger partial charge in [0.05, 0.1) is 12.9 Å². The lowest BCUT2D eigenvalue weighted by Crippen LogP contribution is -2.15. The number of hydrogen-bond acceptors (Lipinski definition) is 5. The number of ether oxygens (including phenoxy) is 1. The van der Waals surface area contributed by atoms with Crippen molar-refractivity contribution >= 4 is 39.3 Å². The largest absolute Gasteiger partial charge is 0.497 e. The van der Waals surface area contributed by atoms with Crippen molar-refractivity contribution in [3.05, 3.63) is 82.3 Å². The zero-order chi connectivity index (χ0) is 23.4. The number of nitrogens with one attached hydrogen (secondary N) is 1. The highest BCUT2D eigenvalue weighted by Gasteiger charge is 2.18. The van der Waals surface area contributed by atoms with Crippen LogP contribution >= 0.6 is 27.7 Å². The molecule has 8 heteroatoms. The van der Waals surface area contributed by atoms with Gasteiger partial charge in [0, 0.05) is 21.4 Å². The normalized spacial score (nSPS) is 10.8. The third kappa shape index (κ3) is 5.29. The van der Waals surface area contributed by atoms with Crippen LogP contribution in [0.3, 0.4) is 0 Å². The van der Waals surface area contributed by atoms with Crippen LogP contribution in [0.1, 0.15) is 11.1 Å². The molecule has 1 amide bonds. The number of halogens is 1. The molecule has 0 atom stereocenters. The first-order valence-electron chi connectivity index (χ1n) is 10.3. The van der Waals surface area contributed by atoms with Gasteiger partial charge in [-0.2, -0.15) is 0 Å². The number of benzene rings is 3. The number of thioether (sulfide) groups is 1. The number of amides is 1. The number of aryl methyl sites for hydroxylation is 1. The molecule has 4 aromatic rings. The Labute approximate surface area is 205 Å².